The lowest BCUT2D eigenvalue weighted by Crippen LogP contribution is -2.07. The lowest BCUT2D eigenvalue weighted by atomic mass is 10.0. The van der Waals surface area contributed by atoms with Crippen LogP contribution in [0.1, 0.15) is 24.0 Å². The highest BCUT2D eigenvalue weighted by Gasteiger charge is 2.12. The van der Waals surface area contributed by atoms with E-state index in [1.165, 1.54) is 0 Å². The van der Waals surface area contributed by atoms with Gasteiger partial charge in [-0.3, -0.25) is 4.79 Å². The third kappa shape index (κ3) is 4.08. The molecule has 1 atom stereocenters. The Bertz CT molecular complexity index is 584. The number of rotatable bonds is 5. The summed E-state index contributed by atoms with van der Waals surface area (Å²) < 4.78 is 0.967. The largest absolute Gasteiger partial charge is 0.481 e. The number of nitrogens with zero attached hydrogens (tertiary/aromatic N) is 1. The van der Waals surface area contributed by atoms with Crippen LogP contribution in [0.3, 0.4) is 0 Å². The van der Waals surface area contributed by atoms with Gasteiger partial charge in [0.2, 0.25) is 0 Å². The van der Waals surface area contributed by atoms with Gasteiger partial charge in [0.15, 0.2) is 0 Å². The third-order valence-electron chi connectivity index (χ3n) is 2.94. The molecule has 0 aliphatic heterocycles. The first-order valence-corrected chi connectivity index (χ1v) is 7.90. The van der Waals surface area contributed by atoms with Gasteiger partial charge in [-0.05, 0) is 46.1 Å². The number of thioether (sulfide) groups is 1. The van der Waals surface area contributed by atoms with Crippen LogP contribution < -0.4 is 0 Å². The molecule has 0 aliphatic carbocycles. The normalized spacial score (nSPS) is 12.1. The van der Waals surface area contributed by atoms with Gasteiger partial charge in [0.25, 0.3) is 0 Å². The molecule has 0 amide bonds. The topological polar surface area (TPSA) is 50.2 Å². The molecule has 2 aromatic rings. The van der Waals surface area contributed by atoms with Crippen LogP contribution in [-0.4, -0.2) is 16.1 Å². The van der Waals surface area contributed by atoms with Gasteiger partial charge in [-0.1, -0.05) is 24.3 Å². The molecule has 3 nitrogen and oxygen atoms in total. The highest BCUT2D eigenvalue weighted by atomic mass is 79.9. The van der Waals surface area contributed by atoms with Crippen molar-refractivity contribution in [2.24, 2.45) is 0 Å². The van der Waals surface area contributed by atoms with E-state index in [0.717, 1.165) is 26.4 Å². The number of carboxylic acid groups (broad SMARTS) is 1. The van der Waals surface area contributed by atoms with E-state index in [2.05, 4.69) is 20.9 Å². The standard InChI is InChI=1S/C15H14BrNO2S/c1-10(15(18)19)12-4-2-11(3-5-12)9-20-14-7-6-13(16)8-17-14/h2-8,10H,9H2,1H3,(H,18,19). The first kappa shape index (κ1) is 15.1. The summed E-state index contributed by atoms with van der Waals surface area (Å²) in [6.07, 6.45) is 1.78. The number of hydrogen-bond donors (Lipinski definition) is 1. The fourth-order valence-electron chi connectivity index (χ4n) is 1.65. The SMILES string of the molecule is CC(C(=O)O)c1ccc(CSc2ccc(Br)cn2)cc1. The zero-order chi connectivity index (χ0) is 14.5. The second kappa shape index (κ2) is 6.90. The molecule has 1 aromatic carbocycles. The number of halogens is 1. The van der Waals surface area contributed by atoms with E-state index < -0.39 is 11.9 Å². The smallest absolute Gasteiger partial charge is 0.310 e. The quantitative estimate of drug-likeness (QED) is 0.814. The van der Waals surface area contributed by atoms with E-state index in [4.69, 9.17) is 5.11 Å². The zero-order valence-corrected chi connectivity index (χ0v) is 13.3. The third-order valence-corrected chi connectivity index (χ3v) is 4.42. The monoisotopic (exact) mass is 351 g/mol. The number of pyridine rings is 1. The van der Waals surface area contributed by atoms with Crippen LogP contribution >= 0.6 is 27.7 Å². The molecule has 0 saturated carbocycles. The molecule has 104 valence electrons. The Morgan fingerprint density at radius 2 is 2.00 bits per heavy atom. The van der Waals surface area contributed by atoms with Crippen LogP contribution in [0.2, 0.25) is 0 Å². The minimum atomic E-state index is -0.800. The van der Waals surface area contributed by atoms with Gasteiger partial charge < -0.3 is 5.11 Å². The molecule has 0 spiro atoms. The van der Waals surface area contributed by atoms with Gasteiger partial charge in [0, 0.05) is 16.4 Å². The zero-order valence-electron chi connectivity index (χ0n) is 10.9. The van der Waals surface area contributed by atoms with Crippen LogP contribution in [0.15, 0.2) is 52.1 Å². The molecule has 1 aromatic heterocycles. The molecule has 0 bridgehead atoms. The maximum atomic E-state index is 10.9. The summed E-state index contributed by atoms with van der Waals surface area (Å²) in [7, 11) is 0. The van der Waals surface area contributed by atoms with Gasteiger partial charge in [0.1, 0.15) is 0 Å². The summed E-state index contributed by atoms with van der Waals surface area (Å²) in [5.74, 6) is -0.452. The Hall–Kier alpha value is -1.33. The molecule has 2 rings (SSSR count). The van der Waals surface area contributed by atoms with Crippen LogP contribution in [0.4, 0.5) is 0 Å². The highest BCUT2D eigenvalue weighted by molar-refractivity contribution is 9.10. The average molecular weight is 352 g/mol. The molecule has 0 radical (unpaired) electrons. The lowest BCUT2D eigenvalue weighted by molar-refractivity contribution is -0.138. The van der Waals surface area contributed by atoms with Gasteiger partial charge in [-0.2, -0.15) is 0 Å². The van der Waals surface area contributed by atoms with Crippen molar-refractivity contribution in [3.05, 3.63) is 58.2 Å². The van der Waals surface area contributed by atoms with Gasteiger partial charge in [-0.15, -0.1) is 11.8 Å². The summed E-state index contributed by atoms with van der Waals surface area (Å²) in [6.45, 7) is 1.69. The van der Waals surface area contributed by atoms with Crippen molar-refractivity contribution in [3.8, 4) is 0 Å². The Balaban J connectivity index is 1.97. The lowest BCUT2D eigenvalue weighted by Gasteiger charge is -2.07. The second-order valence-corrected chi connectivity index (χ2v) is 6.32. The average Bonchev–Trinajstić information content (AvgIpc) is 2.46. The summed E-state index contributed by atoms with van der Waals surface area (Å²) in [5, 5.41) is 9.93. The maximum Gasteiger partial charge on any atom is 0.310 e. The summed E-state index contributed by atoms with van der Waals surface area (Å²) in [4.78, 5) is 15.2. The van der Waals surface area contributed by atoms with E-state index >= 15 is 0 Å². The Morgan fingerprint density at radius 1 is 1.30 bits per heavy atom. The van der Waals surface area contributed by atoms with Crippen molar-refractivity contribution < 1.29 is 9.90 Å². The van der Waals surface area contributed by atoms with Crippen molar-refractivity contribution in [2.75, 3.05) is 0 Å². The summed E-state index contributed by atoms with van der Waals surface area (Å²) in [6, 6.07) is 11.6. The Labute approximate surface area is 130 Å². The molecule has 5 heteroatoms. The predicted octanol–water partition coefficient (Wildman–Crippen LogP) is 4.32. The minimum absolute atomic E-state index is 0.468. The van der Waals surface area contributed by atoms with E-state index in [0.29, 0.717) is 0 Å². The fraction of sp³-hybridized carbons (Fsp3) is 0.200. The molecule has 1 heterocycles. The van der Waals surface area contributed by atoms with E-state index in [-0.39, 0.29) is 0 Å². The predicted molar refractivity (Wildman–Crippen MR) is 84.0 cm³/mol. The number of aliphatic carboxylic acids is 1. The van der Waals surface area contributed by atoms with Crippen molar-refractivity contribution >= 4 is 33.7 Å². The van der Waals surface area contributed by atoms with Gasteiger partial charge in [0.05, 0.1) is 10.9 Å². The van der Waals surface area contributed by atoms with Gasteiger partial charge >= 0.3 is 5.97 Å². The second-order valence-electron chi connectivity index (χ2n) is 4.40. The molecular formula is C15H14BrNO2S. The van der Waals surface area contributed by atoms with E-state index in [1.807, 2.05) is 36.4 Å². The number of carbonyl (C=O) groups is 1. The number of benzene rings is 1. The van der Waals surface area contributed by atoms with Gasteiger partial charge in [-0.25, -0.2) is 4.98 Å². The maximum absolute atomic E-state index is 10.9. The molecule has 0 aliphatic rings. The molecule has 0 fully saturated rings. The highest BCUT2D eigenvalue weighted by Crippen LogP contribution is 2.23. The molecule has 1 N–H and O–H groups in total. The van der Waals surface area contributed by atoms with E-state index in [1.54, 1.807) is 24.9 Å². The molecule has 1 unspecified atom stereocenters. The minimum Gasteiger partial charge on any atom is -0.481 e. The van der Waals surface area contributed by atoms with Crippen molar-refractivity contribution in [1.29, 1.82) is 0 Å². The number of aromatic nitrogens is 1. The number of hydrogen-bond acceptors (Lipinski definition) is 3. The first-order chi connectivity index (χ1) is 9.56. The van der Waals surface area contributed by atoms with Crippen LogP contribution in [0, 0.1) is 0 Å². The van der Waals surface area contributed by atoms with Crippen LogP contribution in [-0.2, 0) is 10.5 Å². The van der Waals surface area contributed by atoms with Crippen molar-refractivity contribution in [1.82, 2.24) is 4.98 Å². The fourth-order valence-corrected chi connectivity index (χ4v) is 2.68. The molecular weight excluding hydrogens is 338 g/mol. The van der Waals surface area contributed by atoms with E-state index in [9.17, 15) is 4.79 Å². The van der Waals surface area contributed by atoms with Crippen molar-refractivity contribution in [2.45, 2.75) is 23.6 Å². The molecule has 20 heavy (non-hydrogen) atoms. The van der Waals surface area contributed by atoms with Crippen molar-refractivity contribution in [3.63, 3.8) is 0 Å². The van der Waals surface area contributed by atoms with Crippen LogP contribution in [0.5, 0.6) is 0 Å². The Kier molecular flexibility index (Phi) is 5.20. The first-order valence-electron chi connectivity index (χ1n) is 6.12. The summed E-state index contributed by atoms with van der Waals surface area (Å²) in [5.41, 5.74) is 1.98. The molecule has 0 saturated heterocycles. The Morgan fingerprint density at radius 3 is 2.55 bits per heavy atom. The summed E-state index contributed by atoms with van der Waals surface area (Å²) >= 11 is 5.01. The number of carboxylic acids is 1. The van der Waals surface area contributed by atoms with Crippen LogP contribution in [0.25, 0.3) is 0 Å².